The van der Waals surface area contributed by atoms with Crippen LogP contribution < -0.4 is 0 Å². The zero-order valence-corrected chi connectivity index (χ0v) is 11.0. The number of imidazole rings is 1. The fourth-order valence-electron chi connectivity index (χ4n) is 2.67. The Bertz CT molecular complexity index is 541. The van der Waals surface area contributed by atoms with Gasteiger partial charge in [-0.15, -0.1) is 0 Å². The van der Waals surface area contributed by atoms with Crippen LogP contribution in [0.2, 0.25) is 0 Å². The average Bonchev–Trinajstić information content (AvgIpc) is 2.95. The molecule has 96 valence electrons. The fraction of sp³-hybridized carbons (Fsp3) is 0.571. The van der Waals surface area contributed by atoms with Gasteiger partial charge in [0.25, 0.3) is 0 Å². The van der Waals surface area contributed by atoms with E-state index in [1.54, 1.807) is 0 Å². The van der Waals surface area contributed by atoms with Gasteiger partial charge in [0.1, 0.15) is 11.3 Å². The van der Waals surface area contributed by atoms with Crippen LogP contribution >= 0.6 is 0 Å². The first-order valence-electron chi connectivity index (χ1n) is 6.69. The summed E-state index contributed by atoms with van der Waals surface area (Å²) in [6, 6.07) is 4.34. The van der Waals surface area contributed by atoms with Gasteiger partial charge in [-0.3, -0.25) is 0 Å². The Kier molecular flexibility index (Phi) is 3.04. The molecule has 0 saturated carbocycles. The standard InChI is InChI=1S/C14H19N3O/c1-10(2)17-13(9-11-5-4-8-18-11)16-12-6-3-7-15-14(12)17/h3,6-7,10-11H,4-5,8-9H2,1-2H3. The lowest BCUT2D eigenvalue weighted by molar-refractivity contribution is 0.109. The van der Waals surface area contributed by atoms with Crippen molar-refractivity contribution in [2.45, 2.75) is 45.3 Å². The maximum Gasteiger partial charge on any atom is 0.160 e. The SMILES string of the molecule is CC(C)n1c(CC2CCCO2)nc2cccnc21. The molecule has 4 heteroatoms. The Morgan fingerprint density at radius 2 is 2.39 bits per heavy atom. The van der Waals surface area contributed by atoms with Crippen LogP contribution in [0.25, 0.3) is 11.2 Å². The molecule has 1 saturated heterocycles. The zero-order valence-electron chi connectivity index (χ0n) is 11.0. The van der Waals surface area contributed by atoms with Crippen molar-refractivity contribution in [3.05, 3.63) is 24.2 Å². The van der Waals surface area contributed by atoms with Gasteiger partial charge in [-0.2, -0.15) is 0 Å². The van der Waals surface area contributed by atoms with Crippen LogP contribution in [-0.4, -0.2) is 27.2 Å². The predicted molar refractivity (Wildman–Crippen MR) is 70.6 cm³/mol. The van der Waals surface area contributed by atoms with E-state index in [0.717, 1.165) is 36.4 Å². The molecule has 1 fully saturated rings. The number of pyridine rings is 1. The fourth-order valence-corrected chi connectivity index (χ4v) is 2.67. The van der Waals surface area contributed by atoms with Crippen molar-refractivity contribution in [2.75, 3.05) is 6.61 Å². The van der Waals surface area contributed by atoms with E-state index in [-0.39, 0.29) is 0 Å². The van der Waals surface area contributed by atoms with Crippen LogP contribution in [0.3, 0.4) is 0 Å². The third-order valence-electron chi connectivity index (χ3n) is 3.47. The highest BCUT2D eigenvalue weighted by molar-refractivity contribution is 5.71. The quantitative estimate of drug-likeness (QED) is 0.834. The Balaban J connectivity index is 2.01. The van der Waals surface area contributed by atoms with Crippen molar-refractivity contribution in [3.63, 3.8) is 0 Å². The van der Waals surface area contributed by atoms with Gasteiger partial charge in [-0.05, 0) is 38.8 Å². The number of rotatable bonds is 3. The Morgan fingerprint density at radius 3 is 3.11 bits per heavy atom. The number of hydrogen-bond donors (Lipinski definition) is 0. The molecule has 18 heavy (non-hydrogen) atoms. The monoisotopic (exact) mass is 245 g/mol. The lowest BCUT2D eigenvalue weighted by Gasteiger charge is -2.14. The molecule has 3 rings (SSSR count). The molecular weight excluding hydrogens is 226 g/mol. The molecule has 0 bridgehead atoms. The molecule has 1 aliphatic heterocycles. The largest absolute Gasteiger partial charge is 0.378 e. The van der Waals surface area contributed by atoms with Crippen LogP contribution in [0.5, 0.6) is 0 Å². The summed E-state index contributed by atoms with van der Waals surface area (Å²) in [6.07, 6.45) is 5.38. The molecule has 0 spiro atoms. The minimum atomic E-state index is 0.333. The average molecular weight is 245 g/mol. The van der Waals surface area contributed by atoms with E-state index in [1.165, 1.54) is 6.42 Å². The molecule has 2 aromatic rings. The van der Waals surface area contributed by atoms with Gasteiger partial charge in [0.05, 0.1) is 6.10 Å². The van der Waals surface area contributed by atoms with E-state index >= 15 is 0 Å². The van der Waals surface area contributed by atoms with Crippen LogP contribution in [0.1, 0.15) is 38.6 Å². The van der Waals surface area contributed by atoms with Gasteiger partial charge in [-0.25, -0.2) is 9.97 Å². The Morgan fingerprint density at radius 1 is 1.50 bits per heavy atom. The zero-order chi connectivity index (χ0) is 12.5. The molecule has 3 heterocycles. The topological polar surface area (TPSA) is 39.9 Å². The summed E-state index contributed by atoms with van der Waals surface area (Å²) in [6.45, 7) is 5.24. The van der Waals surface area contributed by atoms with Crippen LogP contribution in [0.15, 0.2) is 18.3 Å². The third kappa shape index (κ3) is 2.01. The molecule has 2 aromatic heterocycles. The summed E-state index contributed by atoms with van der Waals surface area (Å²) in [5.74, 6) is 1.10. The minimum absolute atomic E-state index is 0.333. The maximum absolute atomic E-state index is 5.71. The second-order valence-corrected chi connectivity index (χ2v) is 5.18. The van der Waals surface area contributed by atoms with Crippen molar-refractivity contribution < 1.29 is 4.74 Å². The molecular formula is C14H19N3O. The van der Waals surface area contributed by atoms with Gasteiger partial charge in [0.15, 0.2) is 5.65 Å². The summed E-state index contributed by atoms with van der Waals surface area (Å²) >= 11 is 0. The van der Waals surface area contributed by atoms with E-state index < -0.39 is 0 Å². The molecule has 1 unspecified atom stereocenters. The second kappa shape index (κ2) is 4.69. The summed E-state index contributed by atoms with van der Waals surface area (Å²) in [7, 11) is 0. The van der Waals surface area contributed by atoms with E-state index in [4.69, 9.17) is 9.72 Å². The van der Waals surface area contributed by atoms with Gasteiger partial charge >= 0.3 is 0 Å². The second-order valence-electron chi connectivity index (χ2n) is 5.18. The molecule has 0 N–H and O–H groups in total. The van der Waals surface area contributed by atoms with E-state index in [9.17, 15) is 0 Å². The van der Waals surface area contributed by atoms with E-state index in [1.807, 2.05) is 18.3 Å². The van der Waals surface area contributed by atoms with E-state index in [0.29, 0.717) is 12.1 Å². The predicted octanol–water partition coefficient (Wildman–Crippen LogP) is 2.73. The molecule has 4 nitrogen and oxygen atoms in total. The van der Waals surface area contributed by atoms with Crippen LogP contribution in [0, 0.1) is 0 Å². The van der Waals surface area contributed by atoms with E-state index in [2.05, 4.69) is 23.4 Å². The first-order valence-corrected chi connectivity index (χ1v) is 6.69. The molecule has 0 aromatic carbocycles. The normalized spacial score (nSPS) is 20.1. The summed E-state index contributed by atoms with van der Waals surface area (Å²) < 4.78 is 7.95. The van der Waals surface area contributed by atoms with Gasteiger partial charge in [0.2, 0.25) is 0 Å². The third-order valence-corrected chi connectivity index (χ3v) is 3.47. The van der Waals surface area contributed by atoms with Crippen LogP contribution in [-0.2, 0) is 11.2 Å². The first kappa shape index (κ1) is 11.7. The van der Waals surface area contributed by atoms with Gasteiger partial charge < -0.3 is 9.30 Å². The lowest BCUT2D eigenvalue weighted by Crippen LogP contribution is -2.15. The lowest BCUT2D eigenvalue weighted by atomic mass is 10.1. The molecule has 1 atom stereocenters. The van der Waals surface area contributed by atoms with Crippen molar-refractivity contribution in [1.82, 2.24) is 14.5 Å². The Hall–Kier alpha value is -1.42. The highest BCUT2D eigenvalue weighted by Gasteiger charge is 2.21. The van der Waals surface area contributed by atoms with Crippen molar-refractivity contribution in [1.29, 1.82) is 0 Å². The molecule has 0 radical (unpaired) electrons. The summed E-state index contributed by atoms with van der Waals surface area (Å²) in [4.78, 5) is 9.18. The Labute approximate surface area is 107 Å². The number of nitrogens with zero attached hydrogens (tertiary/aromatic N) is 3. The number of aromatic nitrogens is 3. The number of hydrogen-bond acceptors (Lipinski definition) is 3. The summed E-state index contributed by atoms with van der Waals surface area (Å²) in [5, 5.41) is 0. The highest BCUT2D eigenvalue weighted by Crippen LogP contribution is 2.23. The molecule has 0 aliphatic carbocycles. The van der Waals surface area contributed by atoms with Crippen LogP contribution in [0.4, 0.5) is 0 Å². The van der Waals surface area contributed by atoms with Gasteiger partial charge in [-0.1, -0.05) is 0 Å². The number of fused-ring (bicyclic) bond motifs is 1. The van der Waals surface area contributed by atoms with Gasteiger partial charge in [0, 0.05) is 25.3 Å². The number of ether oxygens (including phenoxy) is 1. The smallest absolute Gasteiger partial charge is 0.160 e. The van der Waals surface area contributed by atoms with Crippen molar-refractivity contribution in [2.24, 2.45) is 0 Å². The first-order chi connectivity index (χ1) is 8.75. The summed E-state index contributed by atoms with van der Waals surface area (Å²) in [5.41, 5.74) is 1.97. The molecule has 1 aliphatic rings. The molecule has 0 amide bonds. The highest BCUT2D eigenvalue weighted by atomic mass is 16.5. The maximum atomic E-state index is 5.71. The van der Waals surface area contributed by atoms with Crippen molar-refractivity contribution >= 4 is 11.2 Å². The minimum Gasteiger partial charge on any atom is -0.378 e. The van der Waals surface area contributed by atoms with Crippen molar-refractivity contribution in [3.8, 4) is 0 Å².